The summed E-state index contributed by atoms with van der Waals surface area (Å²) < 4.78 is 10.7. The quantitative estimate of drug-likeness (QED) is 0.530. The van der Waals surface area contributed by atoms with Gasteiger partial charge in [0.05, 0.1) is 24.2 Å². The standard InChI is InChI=1S/C19H22N4O2S/c1-20-19(23(2)12-14-6-8-16(24-3)9-7-14)21-11-15-13-25-18(22-15)17-5-4-10-26-17/h4-10,13H,11-12H2,1-3H3,(H,20,21). The third-order valence-electron chi connectivity index (χ3n) is 3.86. The molecular weight excluding hydrogens is 348 g/mol. The molecule has 3 rings (SSSR count). The zero-order valence-corrected chi connectivity index (χ0v) is 15.9. The molecule has 0 unspecified atom stereocenters. The maximum Gasteiger partial charge on any atom is 0.236 e. The smallest absolute Gasteiger partial charge is 0.236 e. The van der Waals surface area contributed by atoms with Gasteiger partial charge in [-0.1, -0.05) is 18.2 Å². The van der Waals surface area contributed by atoms with E-state index in [1.807, 2.05) is 48.8 Å². The zero-order chi connectivity index (χ0) is 18.4. The zero-order valence-electron chi connectivity index (χ0n) is 15.1. The number of oxazole rings is 1. The number of guanidine groups is 1. The summed E-state index contributed by atoms with van der Waals surface area (Å²) in [4.78, 5) is 11.9. The molecule has 0 aliphatic carbocycles. The number of ether oxygens (including phenoxy) is 1. The van der Waals surface area contributed by atoms with Gasteiger partial charge in [-0.05, 0) is 29.1 Å². The second kappa shape index (κ2) is 8.53. The Balaban J connectivity index is 1.57. The van der Waals surface area contributed by atoms with E-state index in [1.165, 1.54) is 5.56 Å². The van der Waals surface area contributed by atoms with Crippen molar-refractivity contribution in [2.45, 2.75) is 13.1 Å². The molecule has 0 aliphatic heterocycles. The minimum Gasteiger partial charge on any atom is -0.497 e. The van der Waals surface area contributed by atoms with Gasteiger partial charge in [0.15, 0.2) is 5.96 Å². The van der Waals surface area contributed by atoms with Crippen molar-refractivity contribution in [3.8, 4) is 16.5 Å². The lowest BCUT2D eigenvalue weighted by Crippen LogP contribution is -2.38. The highest BCUT2D eigenvalue weighted by Crippen LogP contribution is 2.23. The van der Waals surface area contributed by atoms with Crippen molar-refractivity contribution in [1.82, 2.24) is 15.2 Å². The molecule has 7 heteroatoms. The lowest BCUT2D eigenvalue weighted by molar-refractivity contribution is 0.414. The van der Waals surface area contributed by atoms with E-state index in [1.54, 1.807) is 31.8 Å². The number of rotatable bonds is 6. The van der Waals surface area contributed by atoms with Crippen LogP contribution in [-0.2, 0) is 13.1 Å². The molecule has 0 radical (unpaired) electrons. The molecular formula is C19H22N4O2S. The number of thiophene rings is 1. The Hall–Kier alpha value is -2.80. The molecule has 0 fully saturated rings. The van der Waals surface area contributed by atoms with Crippen LogP contribution in [0.2, 0.25) is 0 Å². The number of hydrogen-bond acceptors (Lipinski definition) is 5. The fraction of sp³-hybridized carbons (Fsp3) is 0.263. The molecule has 2 aromatic heterocycles. The molecule has 0 aliphatic rings. The van der Waals surface area contributed by atoms with Crippen molar-refractivity contribution >= 4 is 17.3 Å². The SMILES string of the molecule is CN=C(NCc1coc(-c2cccs2)n1)N(C)Cc1ccc(OC)cc1. The molecule has 136 valence electrons. The first-order valence-electron chi connectivity index (χ1n) is 8.22. The molecule has 0 saturated carbocycles. The number of hydrogen-bond donors (Lipinski definition) is 1. The van der Waals surface area contributed by atoms with E-state index >= 15 is 0 Å². The van der Waals surface area contributed by atoms with E-state index in [9.17, 15) is 0 Å². The summed E-state index contributed by atoms with van der Waals surface area (Å²) in [5.41, 5.74) is 2.02. The van der Waals surface area contributed by atoms with Gasteiger partial charge in [0.2, 0.25) is 5.89 Å². The fourth-order valence-corrected chi connectivity index (χ4v) is 3.19. The van der Waals surface area contributed by atoms with Crippen LogP contribution in [0.5, 0.6) is 5.75 Å². The summed E-state index contributed by atoms with van der Waals surface area (Å²) in [5, 5.41) is 5.33. The molecule has 0 saturated heterocycles. The van der Waals surface area contributed by atoms with Gasteiger partial charge in [-0.3, -0.25) is 4.99 Å². The average Bonchev–Trinajstić information content (AvgIpc) is 3.34. The molecule has 26 heavy (non-hydrogen) atoms. The minimum atomic E-state index is 0.550. The van der Waals surface area contributed by atoms with Gasteiger partial charge < -0.3 is 19.4 Å². The van der Waals surface area contributed by atoms with Gasteiger partial charge in [-0.25, -0.2) is 4.98 Å². The van der Waals surface area contributed by atoms with Gasteiger partial charge in [-0.15, -0.1) is 11.3 Å². The first-order chi connectivity index (χ1) is 12.7. The van der Waals surface area contributed by atoms with E-state index in [0.717, 1.165) is 28.8 Å². The molecule has 1 aromatic carbocycles. The maximum atomic E-state index is 5.55. The molecule has 0 amide bonds. The molecule has 3 aromatic rings. The Morgan fingerprint density at radius 1 is 1.31 bits per heavy atom. The number of aromatic nitrogens is 1. The first-order valence-corrected chi connectivity index (χ1v) is 9.10. The molecule has 6 nitrogen and oxygen atoms in total. The molecule has 0 spiro atoms. The van der Waals surface area contributed by atoms with Crippen LogP contribution in [-0.4, -0.2) is 37.0 Å². The highest BCUT2D eigenvalue weighted by atomic mass is 32.1. The predicted octanol–water partition coefficient (Wildman–Crippen LogP) is 3.62. The van der Waals surface area contributed by atoms with Crippen LogP contribution in [0, 0.1) is 0 Å². The number of nitrogens with zero attached hydrogens (tertiary/aromatic N) is 3. The van der Waals surface area contributed by atoms with Crippen LogP contribution in [0.25, 0.3) is 10.8 Å². The Kier molecular flexibility index (Phi) is 5.91. The summed E-state index contributed by atoms with van der Waals surface area (Å²) >= 11 is 1.61. The molecule has 2 heterocycles. The normalized spacial score (nSPS) is 11.4. The Morgan fingerprint density at radius 3 is 2.77 bits per heavy atom. The second-order valence-electron chi connectivity index (χ2n) is 5.73. The van der Waals surface area contributed by atoms with Crippen molar-refractivity contribution in [3.63, 3.8) is 0 Å². The molecule has 1 N–H and O–H groups in total. The van der Waals surface area contributed by atoms with Crippen LogP contribution in [0.3, 0.4) is 0 Å². The number of aliphatic imine (C=N–C) groups is 1. The van der Waals surface area contributed by atoms with E-state index in [0.29, 0.717) is 12.4 Å². The second-order valence-corrected chi connectivity index (χ2v) is 6.67. The topological polar surface area (TPSA) is 62.9 Å². The van der Waals surface area contributed by atoms with Crippen LogP contribution < -0.4 is 10.1 Å². The Labute approximate surface area is 157 Å². The first kappa shape index (κ1) is 18.0. The molecule has 0 bridgehead atoms. The summed E-state index contributed by atoms with van der Waals surface area (Å²) in [6.07, 6.45) is 1.68. The van der Waals surface area contributed by atoms with E-state index in [2.05, 4.69) is 20.2 Å². The van der Waals surface area contributed by atoms with Crippen molar-refractivity contribution in [1.29, 1.82) is 0 Å². The van der Waals surface area contributed by atoms with E-state index in [-0.39, 0.29) is 0 Å². The van der Waals surface area contributed by atoms with Gasteiger partial charge in [0.25, 0.3) is 0 Å². The monoisotopic (exact) mass is 370 g/mol. The Bertz CT molecular complexity index is 841. The lowest BCUT2D eigenvalue weighted by atomic mass is 10.2. The highest BCUT2D eigenvalue weighted by molar-refractivity contribution is 7.13. The van der Waals surface area contributed by atoms with Crippen molar-refractivity contribution in [2.75, 3.05) is 21.2 Å². The third kappa shape index (κ3) is 4.43. The number of benzene rings is 1. The van der Waals surface area contributed by atoms with Crippen molar-refractivity contribution in [2.24, 2.45) is 4.99 Å². The third-order valence-corrected chi connectivity index (χ3v) is 4.72. The van der Waals surface area contributed by atoms with Crippen LogP contribution in [0.4, 0.5) is 0 Å². The minimum absolute atomic E-state index is 0.550. The largest absolute Gasteiger partial charge is 0.497 e. The van der Waals surface area contributed by atoms with Crippen LogP contribution in [0.15, 0.2) is 57.5 Å². The summed E-state index contributed by atoms with van der Waals surface area (Å²) in [6, 6.07) is 12.0. The Morgan fingerprint density at radius 2 is 2.12 bits per heavy atom. The van der Waals surface area contributed by atoms with Crippen LogP contribution >= 0.6 is 11.3 Å². The lowest BCUT2D eigenvalue weighted by Gasteiger charge is -2.22. The van der Waals surface area contributed by atoms with Gasteiger partial charge >= 0.3 is 0 Å². The summed E-state index contributed by atoms with van der Waals surface area (Å²) in [7, 11) is 5.44. The maximum absolute atomic E-state index is 5.55. The highest BCUT2D eigenvalue weighted by Gasteiger charge is 2.10. The molecule has 0 atom stereocenters. The summed E-state index contributed by atoms with van der Waals surface area (Å²) in [5.74, 6) is 2.30. The summed E-state index contributed by atoms with van der Waals surface area (Å²) in [6.45, 7) is 1.29. The van der Waals surface area contributed by atoms with Crippen LogP contribution in [0.1, 0.15) is 11.3 Å². The number of methoxy groups -OCH3 is 1. The fourth-order valence-electron chi connectivity index (χ4n) is 2.54. The van der Waals surface area contributed by atoms with Crippen molar-refractivity contribution < 1.29 is 9.15 Å². The van der Waals surface area contributed by atoms with E-state index in [4.69, 9.17) is 9.15 Å². The predicted molar refractivity (Wildman–Crippen MR) is 104 cm³/mol. The average molecular weight is 370 g/mol. The van der Waals surface area contributed by atoms with E-state index < -0.39 is 0 Å². The number of nitrogens with one attached hydrogen (secondary N) is 1. The van der Waals surface area contributed by atoms with Gasteiger partial charge in [-0.2, -0.15) is 0 Å². The van der Waals surface area contributed by atoms with Gasteiger partial charge in [0, 0.05) is 20.6 Å². The van der Waals surface area contributed by atoms with Crippen molar-refractivity contribution in [3.05, 3.63) is 59.3 Å². The van der Waals surface area contributed by atoms with Gasteiger partial charge in [0.1, 0.15) is 12.0 Å².